The fourth-order valence-electron chi connectivity index (χ4n) is 3.10. The number of hydrogen-bond acceptors (Lipinski definition) is 7. The maximum Gasteiger partial charge on any atom is 0.338 e. The summed E-state index contributed by atoms with van der Waals surface area (Å²) < 4.78 is 28.9. The molecule has 10 nitrogen and oxygen atoms in total. The van der Waals surface area contributed by atoms with Crippen LogP contribution >= 0.6 is 0 Å². The number of benzene rings is 2. The van der Waals surface area contributed by atoms with Gasteiger partial charge in [-0.2, -0.15) is 0 Å². The molecule has 0 fully saturated rings. The normalized spacial score (nSPS) is 11.8. The van der Waals surface area contributed by atoms with E-state index in [4.69, 9.17) is 4.84 Å². The summed E-state index contributed by atoms with van der Waals surface area (Å²) in [6.07, 6.45) is 0. The van der Waals surface area contributed by atoms with Gasteiger partial charge in [0.05, 0.1) is 27.1 Å². The monoisotopic (exact) mass is 487 g/mol. The Bertz CT molecular complexity index is 1400. The van der Waals surface area contributed by atoms with Crippen LogP contribution in [0.1, 0.15) is 45.0 Å². The van der Waals surface area contributed by atoms with Gasteiger partial charge < -0.3 is 15.3 Å². The van der Waals surface area contributed by atoms with Gasteiger partial charge in [-0.15, -0.1) is 4.73 Å². The second-order valence-electron chi connectivity index (χ2n) is 8.72. The Balaban J connectivity index is 2.02. The highest BCUT2D eigenvalue weighted by atomic mass is 32.2. The zero-order valence-corrected chi connectivity index (χ0v) is 20.1. The molecule has 0 aliphatic carbocycles. The van der Waals surface area contributed by atoms with Crippen LogP contribution in [-0.2, 0) is 19.6 Å². The van der Waals surface area contributed by atoms with E-state index in [-0.39, 0.29) is 33.0 Å². The van der Waals surface area contributed by atoms with Gasteiger partial charge in [0, 0.05) is 18.0 Å². The number of carbonyl (C=O) groups excluding carboxylic acids is 3. The molecule has 0 saturated heterocycles. The van der Waals surface area contributed by atoms with E-state index < -0.39 is 33.1 Å². The number of aromatic nitrogens is 1. The first kappa shape index (κ1) is 24.8. The molecule has 180 valence electrons. The van der Waals surface area contributed by atoms with Crippen LogP contribution in [0.15, 0.2) is 47.4 Å². The maximum absolute atomic E-state index is 12.9. The molecule has 1 aromatic heterocycles. The molecule has 3 rings (SSSR count). The Labute approximate surface area is 196 Å². The molecule has 0 unspecified atom stereocenters. The van der Waals surface area contributed by atoms with E-state index in [2.05, 4.69) is 10.0 Å². The zero-order valence-electron chi connectivity index (χ0n) is 19.3. The quantitative estimate of drug-likeness (QED) is 0.453. The minimum Gasteiger partial charge on any atom is -0.492 e. The van der Waals surface area contributed by atoms with Gasteiger partial charge in [0.15, 0.2) is 5.78 Å². The van der Waals surface area contributed by atoms with Crippen molar-refractivity contribution in [1.29, 1.82) is 0 Å². The number of sulfonamides is 1. The zero-order chi connectivity index (χ0) is 25.4. The number of anilines is 2. The molecule has 0 radical (unpaired) electrons. The number of nitrogens with one attached hydrogen (secondary N) is 2. The summed E-state index contributed by atoms with van der Waals surface area (Å²) in [6.45, 7) is 7.47. The fraction of sp³-hybridized carbons (Fsp3) is 0.261. The summed E-state index contributed by atoms with van der Waals surface area (Å²) in [4.78, 5) is 41.0. The Kier molecular flexibility index (Phi) is 6.43. The number of hydrogen-bond donors (Lipinski definition) is 3. The lowest BCUT2D eigenvalue weighted by Crippen LogP contribution is -2.31. The van der Waals surface area contributed by atoms with E-state index in [0.29, 0.717) is 5.69 Å². The Morgan fingerprint density at radius 3 is 2.09 bits per heavy atom. The number of amides is 1. The minimum atomic E-state index is -4.02. The SMILES string of the molecule is CC(=O)Nc1ccc(S(=O)(=O)Nc2ccc3c(C(C)=O)c(O)n(OC(=O)C(C)(C)C)c3c2)cc1. The van der Waals surface area contributed by atoms with Gasteiger partial charge in [-0.1, -0.05) is 0 Å². The minimum absolute atomic E-state index is 0.0523. The lowest BCUT2D eigenvalue weighted by molar-refractivity contribution is -0.153. The molecule has 3 N–H and O–H groups in total. The Morgan fingerprint density at radius 1 is 0.971 bits per heavy atom. The molecule has 3 aromatic rings. The fourth-order valence-corrected chi connectivity index (χ4v) is 4.15. The molecule has 0 aliphatic heterocycles. The molecule has 34 heavy (non-hydrogen) atoms. The number of nitrogens with zero attached hydrogens (tertiary/aromatic N) is 1. The molecule has 0 aliphatic rings. The standard InChI is InChI=1S/C23H25N3O7S/c1-13(27)20-18-11-8-16(12-19(18)26(21(20)29)33-22(30)23(3,4)5)25-34(31,32)17-9-6-15(7-10-17)24-14(2)28/h6-12,25,29H,1-5H3,(H,24,28). The van der Waals surface area contributed by atoms with E-state index in [1.165, 1.54) is 56.3 Å². The van der Waals surface area contributed by atoms with Gasteiger partial charge >= 0.3 is 5.97 Å². The van der Waals surface area contributed by atoms with Crippen molar-refractivity contribution >= 4 is 50.0 Å². The van der Waals surface area contributed by atoms with Gasteiger partial charge in [-0.05, 0) is 70.2 Å². The number of fused-ring (bicyclic) bond motifs is 1. The van der Waals surface area contributed by atoms with Crippen molar-refractivity contribution in [2.75, 3.05) is 10.0 Å². The number of rotatable bonds is 6. The molecule has 11 heteroatoms. The van der Waals surface area contributed by atoms with Gasteiger partial charge in [-0.25, -0.2) is 13.2 Å². The van der Waals surface area contributed by atoms with E-state index in [9.17, 15) is 27.9 Å². The van der Waals surface area contributed by atoms with Crippen molar-refractivity contribution in [2.45, 2.75) is 39.5 Å². The third-order valence-corrected chi connectivity index (χ3v) is 6.17. The lowest BCUT2D eigenvalue weighted by Gasteiger charge is -2.17. The summed E-state index contributed by atoms with van der Waals surface area (Å²) in [7, 11) is -4.02. The molecule has 0 atom stereocenters. The van der Waals surface area contributed by atoms with Crippen LogP contribution in [0.5, 0.6) is 5.88 Å². The highest BCUT2D eigenvalue weighted by molar-refractivity contribution is 7.92. The maximum atomic E-state index is 12.9. The third kappa shape index (κ3) is 5.04. The lowest BCUT2D eigenvalue weighted by atomic mass is 9.98. The second kappa shape index (κ2) is 8.82. The highest BCUT2D eigenvalue weighted by Gasteiger charge is 2.29. The van der Waals surface area contributed by atoms with Crippen LogP contribution in [0.4, 0.5) is 11.4 Å². The van der Waals surface area contributed by atoms with Crippen molar-refractivity contribution in [3.63, 3.8) is 0 Å². The molecule has 0 spiro atoms. The van der Waals surface area contributed by atoms with Crippen LogP contribution in [0, 0.1) is 5.41 Å². The molecular formula is C23H25N3O7S. The van der Waals surface area contributed by atoms with Crippen molar-refractivity contribution in [3.05, 3.63) is 48.0 Å². The van der Waals surface area contributed by atoms with Crippen LogP contribution in [0.2, 0.25) is 0 Å². The highest BCUT2D eigenvalue weighted by Crippen LogP contribution is 2.34. The molecular weight excluding hydrogens is 462 g/mol. The van der Waals surface area contributed by atoms with Gasteiger partial charge in [0.25, 0.3) is 10.0 Å². The van der Waals surface area contributed by atoms with Crippen molar-refractivity contribution in [1.82, 2.24) is 4.73 Å². The molecule has 2 aromatic carbocycles. The van der Waals surface area contributed by atoms with Gasteiger partial charge in [0.2, 0.25) is 11.8 Å². The number of carbonyl (C=O) groups is 3. The van der Waals surface area contributed by atoms with Crippen molar-refractivity contribution < 1.29 is 32.7 Å². The second-order valence-corrected chi connectivity index (χ2v) is 10.4. The molecule has 0 saturated carbocycles. The summed E-state index contributed by atoms with van der Waals surface area (Å²) >= 11 is 0. The first-order valence-corrected chi connectivity index (χ1v) is 11.7. The van der Waals surface area contributed by atoms with Crippen molar-refractivity contribution in [3.8, 4) is 5.88 Å². The largest absolute Gasteiger partial charge is 0.492 e. The van der Waals surface area contributed by atoms with Crippen molar-refractivity contribution in [2.24, 2.45) is 5.41 Å². The Morgan fingerprint density at radius 2 is 1.56 bits per heavy atom. The average Bonchev–Trinajstić information content (AvgIpc) is 2.98. The number of Topliss-reactive ketones (excluding diaryl/α,β-unsaturated/α-hetero) is 1. The molecule has 1 amide bonds. The summed E-state index contributed by atoms with van der Waals surface area (Å²) in [5.74, 6) is -1.97. The topological polar surface area (TPSA) is 144 Å². The van der Waals surface area contributed by atoms with Crippen LogP contribution in [0.25, 0.3) is 10.9 Å². The van der Waals surface area contributed by atoms with E-state index in [0.717, 1.165) is 4.73 Å². The van der Waals surface area contributed by atoms with Crippen LogP contribution in [0.3, 0.4) is 0 Å². The Hall–Kier alpha value is -3.86. The predicted octanol–water partition coefficient (Wildman–Crippen LogP) is 3.31. The van der Waals surface area contributed by atoms with E-state index >= 15 is 0 Å². The number of aromatic hydroxyl groups is 1. The predicted molar refractivity (Wildman–Crippen MR) is 126 cm³/mol. The van der Waals surface area contributed by atoms with Gasteiger partial charge in [-0.3, -0.25) is 14.3 Å². The summed E-state index contributed by atoms with van der Waals surface area (Å²) in [6, 6.07) is 9.79. The first-order chi connectivity index (χ1) is 15.7. The first-order valence-electron chi connectivity index (χ1n) is 10.2. The summed E-state index contributed by atoms with van der Waals surface area (Å²) in [5.41, 5.74) is -0.277. The van der Waals surface area contributed by atoms with Gasteiger partial charge in [0.1, 0.15) is 0 Å². The van der Waals surface area contributed by atoms with E-state index in [1.807, 2.05) is 0 Å². The van der Waals surface area contributed by atoms with Crippen LogP contribution < -0.4 is 14.9 Å². The molecule has 1 heterocycles. The number of ketones is 1. The average molecular weight is 488 g/mol. The van der Waals surface area contributed by atoms with Crippen LogP contribution in [-0.4, -0.2) is 35.9 Å². The molecule has 0 bridgehead atoms. The smallest absolute Gasteiger partial charge is 0.338 e. The van der Waals surface area contributed by atoms with E-state index in [1.54, 1.807) is 20.8 Å². The third-order valence-electron chi connectivity index (χ3n) is 4.78. The summed E-state index contributed by atoms with van der Waals surface area (Å²) in [5, 5.41) is 13.4.